The fourth-order valence-corrected chi connectivity index (χ4v) is 2.09. The molecule has 0 aliphatic carbocycles. The van der Waals surface area contributed by atoms with Gasteiger partial charge >= 0.3 is 5.97 Å². The summed E-state index contributed by atoms with van der Waals surface area (Å²) in [6.07, 6.45) is 0. The lowest BCUT2D eigenvalue weighted by atomic mass is 10.2. The zero-order chi connectivity index (χ0) is 17.4. The number of ether oxygens (including phenoxy) is 2. The lowest BCUT2D eigenvalue weighted by Crippen LogP contribution is -2.28. The lowest BCUT2D eigenvalue weighted by Gasteiger charge is -2.11. The van der Waals surface area contributed by atoms with E-state index in [9.17, 15) is 9.59 Å². The number of likely N-dealkylation sites (N-methyl/N-ethyl adjacent to an activating group) is 1. The first kappa shape index (κ1) is 17.8. The van der Waals surface area contributed by atoms with Gasteiger partial charge in [-0.05, 0) is 36.8 Å². The number of esters is 1. The summed E-state index contributed by atoms with van der Waals surface area (Å²) in [5.41, 5.74) is 1.20. The Kier molecular flexibility index (Phi) is 6.63. The largest absolute Gasteiger partial charge is 0.488 e. The van der Waals surface area contributed by atoms with E-state index in [0.717, 1.165) is 5.56 Å². The first-order valence-corrected chi connectivity index (χ1v) is 7.88. The molecule has 0 aliphatic rings. The smallest absolute Gasteiger partial charge is 0.342 e. The fraction of sp³-hybridized carbons (Fsp3) is 0.222. The van der Waals surface area contributed by atoms with Gasteiger partial charge in [-0.25, -0.2) is 4.79 Å². The molecule has 0 saturated carbocycles. The Hall–Kier alpha value is -2.53. The lowest BCUT2D eigenvalue weighted by molar-refractivity contribution is -0.124. The van der Waals surface area contributed by atoms with Crippen molar-refractivity contribution in [1.29, 1.82) is 0 Å². The van der Waals surface area contributed by atoms with Gasteiger partial charge in [-0.1, -0.05) is 35.9 Å². The quantitative estimate of drug-likeness (QED) is 0.781. The average molecular weight is 348 g/mol. The summed E-state index contributed by atoms with van der Waals surface area (Å²) in [6.45, 7) is 2.24. The second kappa shape index (κ2) is 8.93. The molecule has 0 unspecified atom stereocenters. The van der Waals surface area contributed by atoms with Gasteiger partial charge in [0.1, 0.15) is 17.9 Å². The standard InChI is InChI=1S/C18H18ClNO4/c1-2-20-17(21)12-24-18(22)15-5-3-4-6-16(15)23-11-13-7-9-14(19)10-8-13/h3-10H,2,11-12H2,1H3,(H,20,21). The zero-order valence-electron chi connectivity index (χ0n) is 13.3. The highest BCUT2D eigenvalue weighted by molar-refractivity contribution is 6.30. The summed E-state index contributed by atoms with van der Waals surface area (Å²) in [6, 6.07) is 14.0. The molecule has 0 spiro atoms. The molecule has 24 heavy (non-hydrogen) atoms. The monoisotopic (exact) mass is 347 g/mol. The Morgan fingerprint density at radius 3 is 2.50 bits per heavy atom. The van der Waals surface area contributed by atoms with Gasteiger partial charge in [0.15, 0.2) is 6.61 Å². The van der Waals surface area contributed by atoms with Crippen LogP contribution in [0.1, 0.15) is 22.8 Å². The van der Waals surface area contributed by atoms with Crippen LogP contribution in [0.2, 0.25) is 5.02 Å². The zero-order valence-corrected chi connectivity index (χ0v) is 14.0. The maximum atomic E-state index is 12.1. The SMILES string of the molecule is CCNC(=O)COC(=O)c1ccccc1OCc1ccc(Cl)cc1. The Morgan fingerprint density at radius 1 is 1.08 bits per heavy atom. The number of amides is 1. The minimum atomic E-state index is -0.604. The van der Waals surface area contributed by atoms with Gasteiger partial charge in [-0.3, -0.25) is 4.79 Å². The first-order chi connectivity index (χ1) is 11.6. The summed E-state index contributed by atoms with van der Waals surface area (Å²) in [5, 5.41) is 3.21. The molecule has 2 aromatic carbocycles. The summed E-state index contributed by atoms with van der Waals surface area (Å²) >= 11 is 5.84. The Morgan fingerprint density at radius 2 is 1.79 bits per heavy atom. The molecule has 1 amide bonds. The molecule has 5 nitrogen and oxygen atoms in total. The molecule has 0 radical (unpaired) electrons. The number of carbonyl (C=O) groups is 2. The Balaban J connectivity index is 1.99. The van der Waals surface area contributed by atoms with E-state index in [1.165, 1.54) is 0 Å². The number of carbonyl (C=O) groups excluding carboxylic acids is 2. The highest BCUT2D eigenvalue weighted by atomic mass is 35.5. The van der Waals surface area contributed by atoms with E-state index in [-0.39, 0.29) is 24.7 Å². The van der Waals surface area contributed by atoms with Crippen LogP contribution in [-0.2, 0) is 16.1 Å². The number of hydrogen-bond donors (Lipinski definition) is 1. The summed E-state index contributed by atoms with van der Waals surface area (Å²) < 4.78 is 10.7. The predicted octanol–water partition coefficient (Wildman–Crippen LogP) is 3.21. The van der Waals surface area contributed by atoms with Gasteiger partial charge in [0, 0.05) is 11.6 Å². The number of hydrogen-bond acceptors (Lipinski definition) is 4. The van der Waals surface area contributed by atoms with E-state index < -0.39 is 5.97 Å². The van der Waals surface area contributed by atoms with Crippen LogP contribution in [0.3, 0.4) is 0 Å². The van der Waals surface area contributed by atoms with Crippen LogP contribution < -0.4 is 10.1 Å². The van der Waals surface area contributed by atoms with E-state index in [2.05, 4.69) is 5.32 Å². The molecule has 1 N–H and O–H groups in total. The Bertz CT molecular complexity index is 700. The van der Waals surface area contributed by atoms with Crippen LogP contribution in [0, 0.1) is 0 Å². The summed E-state index contributed by atoms with van der Waals surface area (Å²) in [5.74, 6) is -0.549. The van der Waals surface area contributed by atoms with Crippen LogP contribution in [0.4, 0.5) is 0 Å². The van der Waals surface area contributed by atoms with Gasteiger partial charge in [0.25, 0.3) is 5.91 Å². The van der Waals surface area contributed by atoms with E-state index in [1.807, 2.05) is 12.1 Å². The van der Waals surface area contributed by atoms with Crippen molar-refractivity contribution < 1.29 is 19.1 Å². The first-order valence-electron chi connectivity index (χ1n) is 7.50. The van der Waals surface area contributed by atoms with Gasteiger partial charge in [0.2, 0.25) is 0 Å². The molecule has 0 aliphatic heterocycles. The fourth-order valence-electron chi connectivity index (χ4n) is 1.96. The molecular formula is C18H18ClNO4. The number of nitrogens with one attached hydrogen (secondary N) is 1. The van der Waals surface area contributed by atoms with E-state index in [1.54, 1.807) is 43.3 Å². The minimum absolute atomic E-state index is 0.274. The molecular weight excluding hydrogens is 330 g/mol. The third-order valence-corrected chi connectivity index (χ3v) is 3.37. The molecule has 2 aromatic rings. The summed E-state index contributed by atoms with van der Waals surface area (Å²) in [4.78, 5) is 23.5. The van der Waals surface area contributed by atoms with Crippen LogP contribution in [0.15, 0.2) is 48.5 Å². The minimum Gasteiger partial charge on any atom is -0.488 e. The van der Waals surface area contributed by atoms with Crippen LogP contribution in [0.25, 0.3) is 0 Å². The number of benzene rings is 2. The molecule has 2 rings (SSSR count). The van der Waals surface area contributed by atoms with Crippen molar-refractivity contribution in [2.75, 3.05) is 13.2 Å². The maximum Gasteiger partial charge on any atom is 0.342 e. The number of halogens is 1. The van der Waals surface area contributed by atoms with Crippen LogP contribution >= 0.6 is 11.6 Å². The molecule has 0 saturated heterocycles. The highest BCUT2D eigenvalue weighted by Gasteiger charge is 2.15. The van der Waals surface area contributed by atoms with Crippen molar-refractivity contribution in [2.45, 2.75) is 13.5 Å². The van der Waals surface area contributed by atoms with E-state index in [0.29, 0.717) is 17.3 Å². The van der Waals surface area contributed by atoms with E-state index in [4.69, 9.17) is 21.1 Å². The topological polar surface area (TPSA) is 64.6 Å². The van der Waals surface area contributed by atoms with Gasteiger partial charge in [-0.15, -0.1) is 0 Å². The van der Waals surface area contributed by atoms with E-state index >= 15 is 0 Å². The number of para-hydroxylation sites is 1. The van der Waals surface area contributed by atoms with Crippen molar-refractivity contribution in [3.8, 4) is 5.75 Å². The maximum absolute atomic E-state index is 12.1. The molecule has 126 valence electrons. The van der Waals surface area contributed by atoms with Crippen molar-refractivity contribution >= 4 is 23.5 Å². The Labute approximate surface area is 145 Å². The molecule has 0 fully saturated rings. The molecule has 0 atom stereocenters. The summed E-state index contributed by atoms with van der Waals surface area (Å²) in [7, 11) is 0. The predicted molar refractivity (Wildman–Crippen MR) is 91.2 cm³/mol. The van der Waals surface area contributed by atoms with Crippen LogP contribution in [-0.4, -0.2) is 25.0 Å². The van der Waals surface area contributed by atoms with Gasteiger partial charge in [0.05, 0.1) is 0 Å². The second-order valence-electron chi connectivity index (χ2n) is 4.94. The molecule has 6 heteroatoms. The second-order valence-corrected chi connectivity index (χ2v) is 5.38. The molecule has 0 aromatic heterocycles. The molecule has 0 heterocycles. The molecule has 0 bridgehead atoms. The third-order valence-electron chi connectivity index (χ3n) is 3.12. The van der Waals surface area contributed by atoms with Crippen molar-refractivity contribution in [1.82, 2.24) is 5.32 Å². The van der Waals surface area contributed by atoms with Crippen LogP contribution in [0.5, 0.6) is 5.75 Å². The van der Waals surface area contributed by atoms with Gasteiger partial charge < -0.3 is 14.8 Å². The average Bonchev–Trinajstić information content (AvgIpc) is 2.60. The number of rotatable bonds is 7. The van der Waals surface area contributed by atoms with Crippen molar-refractivity contribution in [3.05, 3.63) is 64.7 Å². The third kappa shape index (κ3) is 5.28. The highest BCUT2D eigenvalue weighted by Crippen LogP contribution is 2.21. The van der Waals surface area contributed by atoms with Crippen molar-refractivity contribution in [3.63, 3.8) is 0 Å². The van der Waals surface area contributed by atoms with Gasteiger partial charge in [-0.2, -0.15) is 0 Å². The van der Waals surface area contributed by atoms with Crippen molar-refractivity contribution in [2.24, 2.45) is 0 Å². The normalized spacial score (nSPS) is 10.1.